The van der Waals surface area contributed by atoms with Crippen LogP contribution in [0.25, 0.3) is 5.69 Å². The van der Waals surface area contributed by atoms with E-state index in [1.165, 1.54) is 9.58 Å². The van der Waals surface area contributed by atoms with E-state index in [1.807, 2.05) is 31.2 Å². The summed E-state index contributed by atoms with van der Waals surface area (Å²) in [6, 6.07) is 7.19. The molecule has 8 heteroatoms. The number of ether oxygens (including phenoxy) is 1. The molecule has 0 unspecified atom stereocenters. The molecule has 2 heterocycles. The Labute approximate surface area is 138 Å². The summed E-state index contributed by atoms with van der Waals surface area (Å²) in [6.07, 6.45) is 1.40. The van der Waals surface area contributed by atoms with E-state index < -0.39 is 12.0 Å². The van der Waals surface area contributed by atoms with Gasteiger partial charge < -0.3 is 14.7 Å². The van der Waals surface area contributed by atoms with E-state index >= 15 is 0 Å². The summed E-state index contributed by atoms with van der Waals surface area (Å²) >= 11 is 0. The summed E-state index contributed by atoms with van der Waals surface area (Å²) < 4.78 is 6.82. The van der Waals surface area contributed by atoms with Crippen molar-refractivity contribution in [3.8, 4) is 5.69 Å². The highest BCUT2D eigenvalue weighted by molar-refractivity contribution is 5.92. The number of morpholine rings is 1. The number of aromatic nitrogens is 3. The first-order valence-electron chi connectivity index (χ1n) is 7.64. The third-order valence-electron chi connectivity index (χ3n) is 3.88. The number of benzene rings is 1. The predicted octanol–water partition coefficient (Wildman–Crippen LogP) is 0.891. The van der Waals surface area contributed by atoms with Crippen LogP contribution in [-0.2, 0) is 9.53 Å². The monoisotopic (exact) mass is 330 g/mol. The number of hydrogen-bond donors (Lipinski definition) is 1. The second kappa shape index (κ2) is 6.79. The molecule has 1 aromatic heterocycles. The SMILES string of the molecule is Cc1cccc(-n2cc(C(=O)N3CCOC[C@@H]3CC(=O)O)nn2)c1. The highest BCUT2D eigenvalue weighted by Gasteiger charge is 2.31. The van der Waals surface area contributed by atoms with Crippen LogP contribution in [0.1, 0.15) is 22.5 Å². The topological polar surface area (TPSA) is 97.5 Å². The summed E-state index contributed by atoms with van der Waals surface area (Å²) in [4.78, 5) is 25.1. The predicted molar refractivity (Wildman–Crippen MR) is 84.0 cm³/mol. The Bertz CT molecular complexity index is 758. The number of carboxylic acids is 1. The smallest absolute Gasteiger partial charge is 0.305 e. The maximum atomic E-state index is 12.7. The molecule has 1 N–H and O–H groups in total. The van der Waals surface area contributed by atoms with Gasteiger partial charge in [0.1, 0.15) is 0 Å². The average molecular weight is 330 g/mol. The molecular formula is C16H18N4O4. The van der Waals surface area contributed by atoms with Gasteiger partial charge in [0.15, 0.2) is 5.69 Å². The highest BCUT2D eigenvalue weighted by Crippen LogP contribution is 2.15. The number of aryl methyl sites for hydroxylation is 1. The van der Waals surface area contributed by atoms with Crippen molar-refractivity contribution < 1.29 is 19.4 Å². The van der Waals surface area contributed by atoms with Crippen molar-refractivity contribution in [2.45, 2.75) is 19.4 Å². The molecule has 1 amide bonds. The second-order valence-electron chi connectivity index (χ2n) is 5.71. The zero-order valence-electron chi connectivity index (χ0n) is 13.3. The third kappa shape index (κ3) is 3.43. The van der Waals surface area contributed by atoms with Crippen LogP contribution >= 0.6 is 0 Å². The van der Waals surface area contributed by atoms with E-state index in [0.717, 1.165) is 11.3 Å². The van der Waals surface area contributed by atoms with Crippen LogP contribution in [0.3, 0.4) is 0 Å². The van der Waals surface area contributed by atoms with Gasteiger partial charge in [0, 0.05) is 6.54 Å². The first-order chi connectivity index (χ1) is 11.5. The van der Waals surface area contributed by atoms with E-state index in [1.54, 1.807) is 6.20 Å². The summed E-state index contributed by atoms with van der Waals surface area (Å²) in [5.74, 6) is -1.30. The Morgan fingerprint density at radius 2 is 2.25 bits per heavy atom. The van der Waals surface area contributed by atoms with E-state index in [-0.39, 0.29) is 24.6 Å². The quantitative estimate of drug-likeness (QED) is 0.894. The van der Waals surface area contributed by atoms with Crippen LogP contribution < -0.4 is 0 Å². The Hall–Kier alpha value is -2.74. The van der Waals surface area contributed by atoms with Crippen LogP contribution in [0.15, 0.2) is 30.5 Å². The normalized spacial score (nSPS) is 17.7. The number of aliphatic carboxylic acids is 1. The first kappa shape index (κ1) is 16.1. The van der Waals surface area contributed by atoms with Gasteiger partial charge >= 0.3 is 5.97 Å². The van der Waals surface area contributed by atoms with Gasteiger partial charge in [-0.3, -0.25) is 9.59 Å². The average Bonchev–Trinajstić information content (AvgIpc) is 3.04. The Morgan fingerprint density at radius 3 is 3.00 bits per heavy atom. The second-order valence-corrected chi connectivity index (χ2v) is 5.71. The van der Waals surface area contributed by atoms with E-state index in [0.29, 0.717) is 13.2 Å². The summed E-state index contributed by atoms with van der Waals surface area (Å²) in [6.45, 7) is 2.91. The maximum absolute atomic E-state index is 12.7. The van der Waals surface area contributed by atoms with Gasteiger partial charge in [-0.2, -0.15) is 0 Å². The molecule has 8 nitrogen and oxygen atoms in total. The van der Waals surface area contributed by atoms with Crippen molar-refractivity contribution in [2.24, 2.45) is 0 Å². The van der Waals surface area contributed by atoms with Crippen molar-refractivity contribution in [2.75, 3.05) is 19.8 Å². The van der Waals surface area contributed by atoms with Crippen molar-refractivity contribution >= 4 is 11.9 Å². The summed E-state index contributed by atoms with van der Waals surface area (Å²) in [5.41, 5.74) is 2.07. The number of carbonyl (C=O) groups excluding carboxylic acids is 1. The fourth-order valence-corrected chi connectivity index (χ4v) is 2.70. The van der Waals surface area contributed by atoms with Crippen molar-refractivity contribution in [3.05, 3.63) is 41.7 Å². The van der Waals surface area contributed by atoms with Gasteiger partial charge in [-0.15, -0.1) is 5.10 Å². The van der Waals surface area contributed by atoms with Crippen LogP contribution in [0.5, 0.6) is 0 Å². The number of carboxylic acid groups (broad SMARTS) is 1. The fraction of sp³-hybridized carbons (Fsp3) is 0.375. The Kier molecular flexibility index (Phi) is 4.57. The molecule has 1 aliphatic heterocycles. The van der Waals surface area contributed by atoms with Crippen molar-refractivity contribution in [1.29, 1.82) is 0 Å². The molecular weight excluding hydrogens is 312 g/mol. The minimum Gasteiger partial charge on any atom is -0.481 e. The Morgan fingerprint density at radius 1 is 1.42 bits per heavy atom. The van der Waals surface area contributed by atoms with Crippen LogP contribution in [0, 0.1) is 6.92 Å². The molecule has 0 bridgehead atoms. The van der Waals surface area contributed by atoms with Gasteiger partial charge in [-0.1, -0.05) is 17.3 Å². The zero-order chi connectivity index (χ0) is 17.1. The number of carbonyl (C=O) groups is 2. The lowest BCUT2D eigenvalue weighted by Gasteiger charge is -2.34. The molecule has 0 aliphatic carbocycles. The van der Waals surface area contributed by atoms with E-state index in [2.05, 4.69) is 10.3 Å². The summed E-state index contributed by atoms with van der Waals surface area (Å²) in [7, 11) is 0. The minimum absolute atomic E-state index is 0.155. The van der Waals surface area contributed by atoms with Crippen LogP contribution in [0.2, 0.25) is 0 Å². The van der Waals surface area contributed by atoms with Crippen LogP contribution in [0.4, 0.5) is 0 Å². The zero-order valence-corrected chi connectivity index (χ0v) is 13.3. The molecule has 126 valence electrons. The standard InChI is InChI=1S/C16H18N4O4/c1-11-3-2-4-12(7-11)20-9-14(17-18-20)16(23)19-5-6-24-10-13(19)8-15(21)22/h2-4,7,9,13H,5-6,8,10H2,1H3,(H,21,22)/t13-/m0/s1. The van der Waals surface area contributed by atoms with Gasteiger partial charge in [0.05, 0.1) is 37.6 Å². The molecule has 1 atom stereocenters. The molecule has 1 aliphatic rings. The fourth-order valence-electron chi connectivity index (χ4n) is 2.70. The van der Waals surface area contributed by atoms with Gasteiger partial charge in [0.25, 0.3) is 5.91 Å². The first-order valence-corrected chi connectivity index (χ1v) is 7.64. The largest absolute Gasteiger partial charge is 0.481 e. The highest BCUT2D eigenvalue weighted by atomic mass is 16.5. The van der Waals surface area contributed by atoms with Crippen LogP contribution in [-0.4, -0.2) is 62.7 Å². The molecule has 0 saturated carbocycles. The molecule has 2 aromatic rings. The van der Waals surface area contributed by atoms with Gasteiger partial charge in [-0.05, 0) is 24.6 Å². The molecule has 3 rings (SSSR count). The maximum Gasteiger partial charge on any atom is 0.305 e. The number of amides is 1. The number of nitrogens with zero attached hydrogens (tertiary/aromatic N) is 4. The van der Waals surface area contributed by atoms with Crippen molar-refractivity contribution in [1.82, 2.24) is 19.9 Å². The molecule has 0 spiro atoms. The molecule has 1 aromatic carbocycles. The van der Waals surface area contributed by atoms with Gasteiger partial charge in [-0.25, -0.2) is 4.68 Å². The molecule has 24 heavy (non-hydrogen) atoms. The number of hydrogen-bond acceptors (Lipinski definition) is 5. The Balaban J connectivity index is 1.80. The van der Waals surface area contributed by atoms with E-state index in [9.17, 15) is 9.59 Å². The minimum atomic E-state index is -0.966. The van der Waals surface area contributed by atoms with Gasteiger partial charge in [0.2, 0.25) is 0 Å². The molecule has 1 fully saturated rings. The summed E-state index contributed by atoms with van der Waals surface area (Å²) in [5, 5.41) is 16.9. The number of rotatable bonds is 4. The lowest BCUT2D eigenvalue weighted by atomic mass is 10.1. The lowest BCUT2D eigenvalue weighted by molar-refractivity contribution is -0.139. The lowest BCUT2D eigenvalue weighted by Crippen LogP contribution is -2.49. The molecule has 1 saturated heterocycles. The van der Waals surface area contributed by atoms with Crippen molar-refractivity contribution in [3.63, 3.8) is 0 Å². The third-order valence-corrected chi connectivity index (χ3v) is 3.88. The molecule has 0 radical (unpaired) electrons. The van der Waals surface area contributed by atoms with E-state index in [4.69, 9.17) is 9.84 Å².